The Morgan fingerprint density at radius 1 is 1.21 bits per heavy atom. The summed E-state index contributed by atoms with van der Waals surface area (Å²) in [6, 6.07) is 8.94. The second kappa shape index (κ2) is 5.98. The molecule has 2 fully saturated rings. The van der Waals surface area contributed by atoms with Crippen LogP contribution in [0.4, 0.5) is 5.69 Å². The largest absolute Gasteiger partial charge is 0.469 e. The third kappa shape index (κ3) is 3.17. The van der Waals surface area contributed by atoms with Gasteiger partial charge in [-0.1, -0.05) is 11.6 Å². The summed E-state index contributed by atoms with van der Waals surface area (Å²) in [5, 5.41) is 6.15. The van der Waals surface area contributed by atoms with Crippen molar-refractivity contribution in [1.82, 2.24) is 5.32 Å². The Labute approximate surface area is 144 Å². The topological polar surface area (TPSA) is 71.3 Å². The number of carbonyl (C=O) groups is 2. The Bertz CT molecular complexity index is 784. The number of halogens is 1. The van der Waals surface area contributed by atoms with Crippen LogP contribution < -0.4 is 10.6 Å². The van der Waals surface area contributed by atoms with Crippen LogP contribution in [-0.4, -0.2) is 17.9 Å². The second-order valence-electron chi connectivity index (χ2n) is 6.40. The van der Waals surface area contributed by atoms with Crippen molar-refractivity contribution >= 4 is 29.1 Å². The predicted molar refractivity (Wildman–Crippen MR) is 90.1 cm³/mol. The van der Waals surface area contributed by atoms with Gasteiger partial charge in [0.2, 0.25) is 5.91 Å². The molecule has 2 aliphatic carbocycles. The van der Waals surface area contributed by atoms with Crippen LogP contribution in [0.1, 0.15) is 41.3 Å². The first-order valence-corrected chi connectivity index (χ1v) is 8.44. The number of carbonyl (C=O) groups excluding carboxylic acids is 2. The van der Waals surface area contributed by atoms with E-state index in [4.69, 9.17) is 16.0 Å². The highest BCUT2D eigenvalue weighted by Crippen LogP contribution is 2.48. The van der Waals surface area contributed by atoms with Crippen molar-refractivity contribution < 1.29 is 14.0 Å². The molecule has 4 rings (SSSR count). The maximum atomic E-state index is 12.3. The van der Waals surface area contributed by atoms with E-state index in [2.05, 4.69) is 10.6 Å². The van der Waals surface area contributed by atoms with Gasteiger partial charge in [0, 0.05) is 23.6 Å². The van der Waals surface area contributed by atoms with Gasteiger partial charge in [-0.05, 0) is 49.6 Å². The third-order valence-corrected chi connectivity index (χ3v) is 4.76. The summed E-state index contributed by atoms with van der Waals surface area (Å²) < 4.78 is 5.35. The number of amides is 2. The number of nitrogens with one attached hydrogen (secondary N) is 2. The predicted octanol–water partition coefficient (Wildman–Crippen LogP) is 3.57. The molecular weight excluding hydrogens is 328 g/mol. The van der Waals surface area contributed by atoms with Crippen LogP contribution in [0.2, 0.25) is 5.02 Å². The number of benzene rings is 1. The molecule has 2 saturated carbocycles. The Morgan fingerprint density at radius 3 is 2.75 bits per heavy atom. The molecule has 2 atom stereocenters. The molecule has 1 heterocycles. The molecule has 6 heteroatoms. The fourth-order valence-corrected chi connectivity index (χ4v) is 3.01. The van der Waals surface area contributed by atoms with Crippen molar-refractivity contribution in [1.29, 1.82) is 0 Å². The summed E-state index contributed by atoms with van der Waals surface area (Å²) in [4.78, 5) is 24.5. The summed E-state index contributed by atoms with van der Waals surface area (Å²) in [6.45, 7) is 0. The van der Waals surface area contributed by atoms with Crippen LogP contribution in [0.25, 0.3) is 0 Å². The quantitative estimate of drug-likeness (QED) is 0.871. The summed E-state index contributed by atoms with van der Waals surface area (Å²) in [5.74, 6) is 0.641. The summed E-state index contributed by atoms with van der Waals surface area (Å²) >= 11 is 6.11. The average molecular weight is 345 g/mol. The number of rotatable bonds is 5. The van der Waals surface area contributed by atoms with E-state index < -0.39 is 0 Å². The van der Waals surface area contributed by atoms with Gasteiger partial charge in [0.1, 0.15) is 5.76 Å². The fraction of sp³-hybridized carbons (Fsp3) is 0.333. The normalized spacial score (nSPS) is 22.0. The van der Waals surface area contributed by atoms with Crippen LogP contribution in [-0.2, 0) is 4.79 Å². The highest BCUT2D eigenvalue weighted by molar-refractivity contribution is 6.34. The first kappa shape index (κ1) is 15.3. The van der Waals surface area contributed by atoms with E-state index in [1.54, 1.807) is 24.5 Å². The van der Waals surface area contributed by atoms with E-state index in [9.17, 15) is 9.59 Å². The van der Waals surface area contributed by atoms with Gasteiger partial charge in [-0.2, -0.15) is 0 Å². The highest BCUT2D eigenvalue weighted by atomic mass is 35.5. The van der Waals surface area contributed by atoms with Crippen molar-refractivity contribution in [3.8, 4) is 0 Å². The molecule has 1 aromatic heterocycles. The molecule has 0 saturated heterocycles. The van der Waals surface area contributed by atoms with E-state index in [1.165, 1.54) is 0 Å². The SMILES string of the molecule is O=C(NC1CC1)c1cc(NC(=O)C2CC2c2ccco2)ccc1Cl. The molecule has 1 aromatic carbocycles. The lowest BCUT2D eigenvalue weighted by atomic mass is 10.1. The maximum absolute atomic E-state index is 12.3. The van der Waals surface area contributed by atoms with Crippen LogP contribution in [0, 0.1) is 5.92 Å². The first-order chi connectivity index (χ1) is 11.6. The van der Waals surface area contributed by atoms with Gasteiger partial charge in [-0.25, -0.2) is 0 Å². The lowest BCUT2D eigenvalue weighted by Crippen LogP contribution is -2.26. The molecule has 24 heavy (non-hydrogen) atoms. The zero-order chi connectivity index (χ0) is 16.7. The van der Waals surface area contributed by atoms with E-state index in [1.807, 2.05) is 12.1 Å². The molecule has 5 nitrogen and oxygen atoms in total. The van der Waals surface area contributed by atoms with Crippen molar-refractivity contribution in [3.05, 3.63) is 52.9 Å². The number of furan rings is 1. The number of hydrogen-bond acceptors (Lipinski definition) is 3. The molecule has 2 aliphatic rings. The van der Waals surface area contributed by atoms with Gasteiger partial charge in [-0.3, -0.25) is 9.59 Å². The van der Waals surface area contributed by atoms with Gasteiger partial charge in [0.05, 0.1) is 16.8 Å². The third-order valence-electron chi connectivity index (χ3n) is 4.43. The van der Waals surface area contributed by atoms with Crippen molar-refractivity contribution in [2.75, 3.05) is 5.32 Å². The average Bonchev–Trinajstić information content (AvgIpc) is 3.49. The Kier molecular flexibility index (Phi) is 3.81. The van der Waals surface area contributed by atoms with E-state index >= 15 is 0 Å². The molecule has 0 bridgehead atoms. The zero-order valence-corrected chi connectivity index (χ0v) is 13.7. The van der Waals surface area contributed by atoms with Gasteiger partial charge in [-0.15, -0.1) is 0 Å². The standard InChI is InChI=1S/C18H17ClN2O3/c19-15-6-5-11(8-14(15)18(23)20-10-3-4-10)21-17(22)13-9-12(13)16-2-1-7-24-16/h1-2,5-8,10,12-13H,3-4,9H2,(H,20,23)(H,21,22). The Hall–Kier alpha value is -2.27. The van der Waals surface area contributed by atoms with Crippen LogP contribution in [0.15, 0.2) is 41.0 Å². The Balaban J connectivity index is 1.43. The first-order valence-electron chi connectivity index (χ1n) is 8.06. The molecule has 124 valence electrons. The van der Waals surface area contributed by atoms with Gasteiger partial charge in [0.25, 0.3) is 5.91 Å². The minimum atomic E-state index is -0.196. The number of hydrogen-bond donors (Lipinski definition) is 2. The number of anilines is 1. The van der Waals surface area contributed by atoms with Gasteiger partial charge in [0.15, 0.2) is 0 Å². The molecular formula is C18H17ClN2O3. The molecule has 2 unspecified atom stereocenters. The Morgan fingerprint density at radius 2 is 2.04 bits per heavy atom. The summed E-state index contributed by atoms with van der Waals surface area (Å²) in [7, 11) is 0. The van der Waals surface area contributed by atoms with Gasteiger partial charge < -0.3 is 15.1 Å². The van der Waals surface area contributed by atoms with Gasteiger partial charge >= 0.3 is 0 Å². The monoisotopic (exact) mass is 344 g/mol. The lowest BCUT2D eigenvalue weighted by molar-refractivity contribution is -0.117. The molecule has 2 N–H and O–H groups in total. The lowest BCUT2D eigenvalue weighted by Gasteiger charge is -2.09. The van der Waals surface area contributed by atoms with E-state index in [0.29, 0.717) is 16.3 Å². The molecule has 2 aromatic rings. The zero-order valence-electron chi connectivity index (χ0n) is 12.9. The maximum Gasteiger partial charge on any atom is 0.253 e. The minimum absolute atomic E-state index is 0.0627. The van der Waals surface area contributed by atoms with Crippen LogP contribution in [0.3, 0.4) is 0 Å². The molecule has 0 radical (unpaired) electrons. The van der Waals surface area contributed by atoms with E-state index in [0.717, 1.165) is 25.0 Å². The van der Waals surface area contributed by atoms with E-state index in [-0.39, 0.29) is 29.7 Å². The molecule has 0 aliphatic heterocycles. The summed E-state index contributed by atoms with van der Waals surface area (Å²) in [5.41, 5.74) is 0.968. The highest BCUT2D eigenvalue weighted by Gasteiger charge is 2.45. The minimum Gasteiger partial charge on any atom is -0.469 e. The van der Waals surface area contributed by atoms with Crippen LogP contribution in [0.5, 0.6) is 0 Å². The second-order valence-corrected chi connectivity index (χ2v) is 6.80. The fourth-order valence-electron chi connectivity index (χ4n) is 2.80. The summed E-state index contributed by atoms with van der Waals surface area (Å²) in [6.07, 6.45) is 4.42. The molecule has 0 spiro atoms. The van der Waals surface area contributed by atoms with Crippen LogP contribution >= 0.6 is 11.6 Å². The van der Waals surface area contributed by atoms with Crippen molar-refractivity contribution in [3.63, 3.8) is 0 Å². The van der Waals surface area contributed by atoms with Crippen molar-refractivity contribution in [2.24, 2.45) is 5.92 Å². The molecule has 2 amide bonds. The van der Waals surface area contributed by atoms with Crippen molar-refractivity contribution in [2.45, 2.75) is 31.2 Å². The smallest absolute Gasteiger partial charge is 0.253 e.